The van der Waals surface area contributed by atoms with Gasteiger partial charge in [0.15, 0.2) is 11.2 Å². The minimum atomic E-state index is -0.438. The van der Waals surface area contributed by atoms with Crippen molar-refractivity contribution in [2.75, 3.05) is 0 Å². The van der Waals surface area contributed by atoms with Crippen LogP contribution in [0.15, 0.2) is 58.1 Å². The van der Waals surface area contributed by atoms with E-state index in [1.54, 1.807) is 6.92 Å². The monoisotopic (exact) mass is 442 g/mol. The zero-order valence-corrected chi connectivity index (χ0v) is 18.2. The summed E-state index contributed by atoms with van der Waals surface area (Å²) in [5, 5.41) is 14.4. The zero-order valence-electron chi connectivity index (χ0n) is 18.2. The summed E-state index contributed by atoms with van der Waals surface area (Å²) < 4.78 is 3.08. The van der Waals surface area contributed by atoms with Gasteiger partial charge in [0.05, 0.1) is 0 Å². The van der Waals surface area contributed by atoms with E-state index in [9.17, 15) is 9.59 Å². The maximum absolute atomic E-state index is 13.0. The molecule has 0 bridgehead atoms. The van der Waals surface area contributed by atoms with Crippen LogP contribution in [0.1, 0.15) is 25.2 Å². The highest BCUT2D eigenvalue weighted by Crippen LogP contribution is 2.30. The van der Waals surface area contributed by atoms with Gasteiger partial charge in [-0.25, -0.2) is 9.78 Å². The lowest BCUT2D eigenvalue weighted by atomic mass is 9.98. The van der Waals surface area contributed by atoms with Gasteiger partial charge in [0.25, 0.3) is 5.56 Å². The standard InChI is InChI=1S/C23H22N8O2/c1-3-18-24-21-19(22(32)30(4-2)23(33)25-21)31(18)13-14-9-11-15(12-10-14)16-7-5-6-8-17(16)20-26-28-29-27-20/h5-12H,3-4,13H2,1-2H3,(H,25,33)(H,26,27,28,29). The molecular formula is C23H22N8O2. The van der Waals surface area contributed by atoms with E-state index in [1.165, 1.54) is 4.57 Å². The third-order valence-corrected chi connectivity index (χ3v) is 5.72. The molecule has 10 nitrogen and oxygen atoms in total. The molecule has 0 spiro atoms. The Labute approximate surface area is 187 Å². The molecule has 10 heteroatoms. The van der Waals surface area contributed by atoms with Gasteiger partial charge in [0.2, 0.25) is 5.82 Å². The average molecular weight is 442 g/mol. The Morgan fingerprint density at radius 2 is 1.70 bits per heavy atom. The largest absolute Gasteiger partial charge is 0.330 e. The second kappa shape index (κ2) is 8.30. The molecule has 0 unspecified atom stereocenters. The molecule has 2 aromatic carbocycles. The number of tetrazole rings is 1. The first-order valence-corrected chi connectivity index (χ1v) is 10.7. The second-order valence-corrected chi connectivity index (χ2v) is 7.62. The summed E-state index contributed by atoms with van der Waals surface area (Å²) in [4.78, 5) is 32.4. The number of aryl methyl sites for hydroxylation is 1. The fourth-order valence-corrected chi connectivity index (χ4v) is 4.10. The molecule has 0 radical (unpaired) electrons. The summed E-state index contributed by atoms with van der Waals surface area (Å²) in [7, 11) is 0. The van der Waals surface area contributed by atoms with E-state index < -0.39 is 5.69 Å². The first-order chi connectivity index (χ1) is 16.1. The third-order valence-electron chi connectivity index (χ3n) is 5.72. The summed E-state index contributed by atoms with van der Waals surface area (Å²) in [6.45, 7) is 4.52. The summed E-state index contributed by atoms with van der Waals surface area (Å²) in [5.74, 6) is 1.28. The van der Waals surface area contributed by atoms with Crippen LogP contribution >= 0.6 is 0 Å². The zero-order chi connectivity index (χ0) is 22.9. The van der Waals surface area contributed by atoms with Crippen molar-refractivity contribution in [2.24, 2.45) is 0 Å². The minimum absolute atomic E-state index is 0.297. The van der Waals surface area contributed by atoms with E-state index in [-0.39, 0.29) is 5.56 Å². The number of hydrogen-bond acceptors (Lipinski definition) is 6. The normalized spacial score (nSPS) is 11.3. The molecular weight excluding hydrogens is 420 g/mol. The van der Waals surface area contributed by atoms with Crippen molar-refractivity contribution < 1.29 is 0 Å². The average Bonchev–Trinajstić information content (AvgIpc) is 3.48. The lowest BCUT2D eigenvalue weighted by molar-refractivity contribution is 0.674. The highest BCUT2D eigenvalue weighted by Gasteiger charge is 2.17. The van der Waals surface area contributed by atoms with Gasteiger partial charge in [-0.1, -0.05) is 55.5 Å². The van der Waals surface area contributed by atoms with Crippen molar-refractivity contribution in [3.8, 4) is 22.5 Å². The van der Waals surface area contributed by atoms with Crippen LogP contribution in [0.25, 0.3) is 33.7 Å². The summed E-state index contributed by atoms with van der Waals surface area (Å²) >= 11 is 0. The van der Waals surface area contributed by atoms with E-state index in [2.05, 4.69) is 30.6 Å². The van der Waals surface area contributed by atoms with Gasteiger partial charge in [-0.15, -0.1) is 10.2 Å². The number of benzene rings is 2. The van der Waals surface area contributed by atoms with Gasteiger partial charge < -0.3 is 4.57 Å². The number of H-pyrrole nitrogens is 2. The molecule has 0 aliphatic heterocycles. The number of rotatable bonds is 6. The predicted molar refractivity (Wildman–Crippen MR) is 124 cm³/mol. The molecule has 5 aromatic rings. The van der Waals surface area contributed by atoms with Gasteiger partial charge in [0.1, 0.15) is 5.82 Å². The highest BCUT2D eigenvalue weighted by atomic mass is 16.2. The van der Waals surface area contributed by atoms with Crippen LogP contribution in [0.5, 0.6) is 0 Å². The van der Waals surface area contributed by atoms with E-state index >= 15 is 0 Å². The Morgan fingerprint density at radius 1 is 0.939 bits per heavy atom. The first-order valence-electron chi connectivity index (χ1n) is 10.7. The number of aromatic nitrogens is 8. The molecule has 33 heavy (non-hydrogen) atoms. The second-order valence-electron chi connectivity index (χ2n) is 7.62. The topological polar surface area (TPSA) is 127 Å². The van der Waals surface area contributed by atoms with Crippen LogP contribution < -0.4 is 11.2 Å². The van der Waals surface area contributed by atoms with Crippen molar-refractivity contribution >= 4 is 11.2 Å². The molecule has 0 saturated carbocycles. The Hall–Kier alpha value is -4.34. The molecule has 5 rings (SSSR count). The van der Waals surface area contributed by atoms with E-state index in [4.69, 9.17) is 0 Å². The fourth-order valence-electron chi connectivity index (χ4n) is 4.10. The van der Waals surface area contributed by atoms with Crippen LogP contribution in [-0.4, -0.2) is 39.7 Å². The Morgan fingerprint density at radius 3 is 2.36 bits per heavy atom. The quantitative estimate of drug-likeness (QED) is 0.416. The third kappa shape index (κ3) is 3.55. The SMILES string of the molecule is CCc1nc2[nH]c(=O)n(CC)c(=O)c2n1Cc1ccc(-c2ccccc2-c2nn[nH]n2)cc1. The molecule has 0 aliphatic carbocycles. The van der Waals surface area contributed by atoms with Crippen molar-refractivity contribution in [1.29, 1.82) is 0 Å². The van der Waals surface area contributed by atoms with E-state index in [1.807, 2.05) is 60.0 Å². The van der Waals surface area contributed by atoms with Gasteiger partial charge >= 0.3 is 5.69 Å². The molecule has 2 N–H and O–H groups in total. The minimum Gasteiger partial charge on any atom is -0.318 e. The van der Waals surface area contributed by atoms with Gasteiger partial charge in [-0.05, 0) is 28.8 Å². The number of nitrogens with zero attached hydrogens (tertiary/aromatic N) is 6. The Bertz CT molecular complexity index is 1540. The maximum atomic E-state index is 13.0. The molecule has 0 amide bonds. The Kier molecular flexibility index (Phi) is 5.17. The number of nitrogens with one attached hydrogen (secondary N) is 2. The lowest BCUT2D eigenvalue weighted by Crippen LogP contribution is -2.35. The summed E-state index contributed by atoms with van der Waals surface area (Å²) in [6, 6.07) is 16.0. The van der Waals surface area contributed by atoms with E-state index in [0.717, 1.165) is 28.1 Å². The van der Waals surface area contributed by atoms with Crippen LogP contribution in [-0.2, 0) is 19.5 Å². The molecule has 3 heterocycles. The van der Waals surface area contributed by atoms with Crippen molar-refractivity contribution in [3.05, 3.63) is 80.8 Å². The van der Waals surface area contributed by atoms with Crippen LogP contribution in [0.2, 0.25) is 0 Å². The first kappa shape index (κ1) is 20.6. The van der Waals surface area contributed by atoms with Crippen molar-refractivity contribution in [3.63, 3.8) is 0 Å². The van der Waals surface area contributed by atoms with Gasteiger partial charge in [0, 0.05) is 25.1 Å². The maximum Gasteiger partial charge on any atom is 0.330 e. The predicted octanol–water partition coefficient (Wildman–Crippen LogP) is 2.36. The highest BCUT2D eigenvalue weighted by molar-refractivity contribution is 5.80. The van der Waals surface area contributed by atoms with Crippen molar-refractivity contribution in [1.82, 2.24) is 39.7 Å². The number of imidazole rings is 1. The molecule has 3 aromatic heterocycles. The lowest BCUT2D eigenvalue weighted by Gasteiger charge is -2.11. The molecule has 0 saturated heterocycles. The van der Waals surface area contributed by atoms with Crippen molar-refractivity contribution in [2.45, 2.75) is 33.4 Å². The summed E-state index contributed by atoms with van der Waals surface area (Å²) in [6.07, 6.45) is 0.637. The molecule has 166 valence electrons. The number of hydrogen-bond donors (Lipinski definition) is 2. The molecule has 0 atom stereocenters. The smallest absolute Gasteiger partial charge is 0.318 e. The van der Waals surface area contributed by atoms with Crippen LogP contribution in [0.4, 0.5) is 0 Å². The molecule has 0 fully saturated rings. The fraction of sp³-hybridized carbons (Fsp3) is 0.217. The van der Waals surface area contributed by atoms with Crippen LogP contribution in [0, 0.1) is 0 Å². The summed E-state index contributed by atoms with van der Waals surface area (Å²) in [5.41, 5.74) is 3.90. The van der Waals surface area contributed by atoms with E-state index in [0.29, 0.717) is 36.5 Å². The van der Waals surface area contributed by atoms with Gasteiger partial charge in [-0.3, -0.25) is 14.3 Å². The Balaban J connectivity index is 1.54. The van der Waals surface area contributed by atoms with Crippen LogP contribution in [0.3, 0.4) is 0 Å². The van der Waals surface area contributed by atoms with Gasteiger partial charge in [-0.2, -0.15) is 5.21 Å². The number of fused-ring (bicyclic) bond motifs is 1. The number of aromatic amines is 2. The molecule has 0 aliphatic rings.